The van der Waals surface area contributed by atoms with Crippen molar-refractivity contribution in [2.24, 2.45) is 0 Å². The van der Waals surface area contributed by atoms with Gasteiger partial charge in [0.1, 0.15) is 0 Å². The standard InChI is InChI=1S/C21H26N2S2.ClH/c1-15(17-8-6-7-13-22(17)2)23-18-9-4-5-10-20(18)25-21-12-11-16(24-3)14-19(21)23;/h4-5,9-12,14-15,17H,6-8,13H2,1-3H3;1H. The first-order valence-electron chi connectivity index (χ1n) is 9.13. The Morgan fingerprint density at radius 3 is 2.62 bits per heavy atom. The number of anilines is 2. The highest BCUT2D eigenvalue weighted by atomic mass is 35.5. The van der Waals surface area contributed by atoms with Crippen molar-refractivity contribution >= 4 is 47.3 Å². The van der Waals surface area contributed by atoms with Crippen LogP contribution in [0.4, 0.5) is 11.4 Å². The van der Waals surface area contributed by atoms with E-state index in [1.54, 1.807) is 0 Å². The zero-order chi connectivity index (χ0) is 17.4. The molecule has 2 aliphatic rings. The number of piperidine rings is 1. The maximum Gasteiger partial charge on any atom is 0.0567 e. The fourth-order valence-corrected chi connectivity index (χ4v) is 5.70. The summed E-state index contributed by atoms with van der Waals surface area (Å²) in [7, 11) is 2.30. The van der Waals surface area contributed by atoms with Gasteiger partial charge in [0.15, 0.2) is 0 Å². The second-order valence-corrected chi connectivity index (χ2v) is 9.02. The molecule has 0 spiro atoms. The van der Waals surface area contributed by atoms with Gasteiger partial charge in [-0.3, -0.25) is 0 Å². The number of likely N-dealkylation sites (N-methyl/N-ethyl adjacent to an activating group) is 1. The molecule has 0 N–H and O–H groups in total. The van der Waals surface area contributed by atoms with Gasteiger partial charge in [0.2, 0.25) is 0 Å². The third-order valence-electron chi connectivity index (χ3n) is 5.56. The summed E-state index contributed by atoms with van der Waals surface area (Å²) in [6, 6.07) is 16.9. The molecule has 1 fully saturated rings. The van der Waals surface area contributed by atoms with E-state index in [4.69, 9.17) is 0 Å². The molecule has 2 heterocycles. The number of halogens is 1. The zero-order valence-electron chi connectivity index (χ0n) is 15.6. The van der Waals surface area contributed by atoms with E-state index in [9.17, 15) is 0 Å². The first kappa shape index (κ1) is 19.9. The van der Waals surface area contributed by atoms with Gasteiger partial charge in [0, 0.05) is 26.8 Å². The SMILES string of the molecule is CSc1ccc2c(c1)N(C(C)C1CCCCN1C)c1ccccc1S2.Cl. The largest absolute Gasteiger partial charge is 0.335 e. The summed E-state index contributed by atoms with van der Waals surface area (Å²) in [5.41, 5.74) is 2.74. The lowest BCUT2D eigenvalue weighted by molar-refractivity contribution is 0.164. The molecule has 2 atom stereocenters. The Balaban J connectivity index is 0.00000196. The van der Waals surface area contributed by atoms with Crippen molar-refractivity contribution < 1.29 is 0 Å². The zero-order valence-corrected chi connectivity index (χ0v) is 18.1. The van der Waals surface area contributed by atoms with Gasteiger partial charge in [-0.05, 0) is 69.9 Å². The Morgan fingerprint density at radius 1 is 1.08 bits per heavy atom. The van der Waals surface area contributed by atoms with Crippen LogP contribution >= 0.6 is 35.9 Å². The third-order valence-corrected chi connectivity index (χ3v) is 7.42. The normalized spacial score (nSPS) is 20.7. The van der Waals surface area contributed by atoms with Gasteiger partial charge in [0.25, 0.3) is 0 Å². The number of hydrogen-bond donors (Lipinski definition) is 0. The Morgan fingerprint density at radius 2 is 1.85 bits per heavy atom. The minimum Gasteiger partial charge on any atom is -0.335 e. The number of likely N-dealkylation sites (tertiary alicyclic amines) is 1. The summed E-state index contributed by atoms with van der Waals surface area (Å²) in [4.78, 5) is 9.26. The molecule has 26 heavy (non-hydrogen) atoms. The lowest BCUT2D eigenvalue weighted by atomic mass is 9.95. The summed E-state index contributed by atoms with van der Waals surface area (Å²) in [6.45, 7) is 3.63. The second kappa shape index (κ2) is 8.47. The average molecular weight is 407 g/mol. The molecule has 5 heteroatoms. The highest BCUT2D eigenvalue weighted by Gasteiger charge is 2.34. The van der Waals surface area contributed by atoms with E-state index in [0.717, 1.165) is 0 Å². The van der Waals surface area contributed by atoms with Gasteiger partial charge in [-0.1, -0.05) is 30.3 Å². The van der Waals surface area contributed by atoms with Crippen molar-refractivity contribution in [3.05, 3.63) is 42.5 Å². The summed E-state index contributed by atoms with van der Waals surface area (Å²) >= 11 is 3.73. The van der Waals surface area contributed by atoms with Gasteiger partial charge in [-0.15, -0.1) is 24.2 Å². The molecule has 1 saturated heterocycles. The highest BCUT2D eigenvalue weighted by Crippen LogP contribution is 2.50. The molecule has 2 aliphatic heterocycles. The molecule has 140 valence electrons. The molecular weight excluding hydrogens is 380 g/mol. The van der Waals surface area contributed by atoms with Crippen molar-refractivity contribution in [1.29, 1.82) is 0 Å². The van der Waals surface area contributed by atoms with Crippen molar-refractivity contribution in [2.45, 2.75) is 53.0 Å². The minimum absolute atomic E-state index is 0. The smallest absolute Gasteiger partial charge is 0.0567 e. The number of hydrogen-bond acceptors (Lipinski definition) is 4. The van der Waals surface area contributed by atoms with Crippen molar-refractivity contribution in [2.75, 3.05) is 24.7 Å². The van der Waals surface area contributed by atoms with Crippen molar-refractivity contribution in [3.8, 4) is 0 Å². The highest BCUT2D eigenvalue weighted by molar-refractivity contribution is 8.00. The maximum absolute atomic E-state index is 2.60. The molecule has 2 unspecified atom stereocenters. The molecule has 4 rings (SSSR count). The molecule has 2 aromatic rings. The van der Waals surface area contributed by atoms with Crippen molar-refractivity contribution in [3.63, 3.8) is 0 Å². The first-order valence-corrected chi connectivity index (χ1v) is 11.2. The predicted octanol–water partition coefficient (Wildman–Crippen LogP) is 6.31. The summed E-state index contributed by atoms with van der Waals surface area (Å²) in [5, 5.41) is 0. The van der Waals surface area contributed by atoms with Gasteiger partial charge < -0.3 is 9.80 Å². The fraction of sp³-hybridized carbons (Fsp3) is 0.429. The van der Waals surface area contributed by atoms with E-state index < -0.39 is 0 Å². The number of para-hydroxylation sites is 1. The molecule has 0 aromatic heterocycles. The van der Waals surface area contributed by atoms with Gasteiger partial charge in [-0.25, -0.2) is 0 Å². The molecule has 0 radical (unpaired) electrons. The number of thioether (sulfide) groups is 1. The second-order valence-electron chi connectivity index (χ2n) is 7.06. The lowest BCUT2D eigenvalue weighted by Gasteiger charge is -2.45. The van der Waals surface area contributed by atoms with E-state index in [1.165, 1.54) is 51.9 Å². The molecule has 2 aromatic carbocycles. The summed E-state index contributed by atoms with van der Waals surface area (Å²) in [6.07, 6.45) is 6.13. The molecular formula is C21H27ClN2S2. The van der Waals surface area contributed by atoms with E-state index in [2.05, 4.69) is 72.5 Å². The van der Waals surface area contributed by atoms with Crippen LogP contribution in [0.5, 0.6) is 0 Å². The van der Waals surface area contributed by atoms with E-state index in [0.29, 0.717) is 12.1 Å². The summed E-state index contributed by atoms with van der Waals surface area (Å²) < 4.78 is 0. The molecule has 0 saturated carbocycles. The third kappa shape index (κ3) is 3.62. The van der Waals surface area contributed by atoms with Crippen molar-refractivity contribution in [1.82, 2.24) is 4.90 Å². The predicted molar refractivity (Wildman–Crippen MR) is 118 cm³/mol. The molecule has 2 nitrogen and oxygen atoms in total. The van der Waals surface area contributed by atoms with Crippen LogP contribution in [0, 0.1) is 0 Å². The topological polar surface area (TPSA) is 6.48 Å². The van der Waals surface area contributed by atoms with Crippen LogP contribution in [0.15, 0.2) is 57.2 Å². The van der Waals surface area contributed by atoms with Gasteiger partial charge in [-0.2, -0.15) is 0 Å². The van der Waals surface area contributed by atoms with Crippen LogP contribution in [0.25, 0.3) is 0 Å². The fourth-order valence-electron chi connectivity index (χ4n) is 4.21. The monoisotopic (exact) mass is 406 g/mol. The Hall–Kier alpha value is -0.810. The Labute approximate surface area is 172 Å². The number of benzene rings is 2. The quantitative estimate of drug-likeness (QED) is 0.551. The van der Waals surface area contributed by atoms with E-state index >= 15 is 0 Å². The molecule has 0 amide bonds. The maximum atomic E-state index is 2.60. The number of rotatable bonds is 3. The lowest BCUT2D eigenvalue weighted by Crippen LogP contribution is -2.50. The van der Waals surface area contributed by atoms with Crippen LogP contribution in [-0.2, 0) is 0 Å². The Bertz CT molecular complexity index is 767. The van der Waals surface area contributed by atoms with Gasteiger partial charge >= 0.3 is 0 Å². The van der Waals surface area contributed by atoms with E-state index in [-0.39, 0.29) is 12.4 Å². The van der Waals surface area contributed by atoms with Crippen LogP contribution in [0.2, 0.25) is 0 Å². The number of nitrogens with zero attached hydrogens (tertiary/aromatic N) is 2. The minimum atomic E-state index is 0. The van der Waals surface area contributed by atoms with Crippen LogP contribution in [-0.4, -0.2) is 36.8 Å². The van der Waals surface area contributed by atoms with Crippen LogP contribution < -0.4 is 4.90 Å². The first-order chi connectivity index (χ1) is 12.2. The van der Waals surface area contributed by atoms with Gasteiger partial charge in [0.05, 0.1) is 11.4 Å². The Kier molecular flexibility index (Phi) is 6.50. The van der Waals surface area contributed by atoms with E-state index in [1.807, 2.05) is 23.5 Å². The molecule has 0 aliphatic carbocycles. The summed E-state index contributed by atoms with van der Waals surface area (Å²) in [5.74, 6) is 0. The molecule has 0 bridgehead atoms. The van der Waals surface area contributed by atoms with Crippen LogP contribution in [0.1, 0.15) is 26.2 Å². The van der Waals surface area contributed by atoms with Crippen LogP contribution in [0.3, 0.4) is 0 Å². The average Bonchev–Trinajstić information content (AvgIpc) is 2.65. The number of fused-ring (bicyclic) bond motifs is 2.